The monoisotopic (exact) mass is 287 g/mol. The quantitative estimate of drug-likeness (QED) is 0.797. The summed E-state index contributed by atoms with van der Waals surface area (Å²) >= 11 is 0. The molecule has 0 atom stereocenters. The van der Waals surface area contributed by atoms with Gasteiger partial charge in [-0.2, -0.15) is 4.98 Å². The maximum Gasteiger partial charge on any atom is 0.258 e. The second kappa shape index (κ2) is 5.32. The minimum atomic E-state index is -0.868. The van der Waals surface area contributed by atoms with E-state index < -0.39 is 11.6 Å². The van der Waals surface area contributed by atoms with E-state index in [0.717, 1.165) is 11.5 Å². The van der Waals surface area contributed by atoms with Crippen LogP contribution >= 0.6 is 0 Å². The van der Waals surface area contributed by atoms with Gasteiger partial charge in [-0.15, -0.1) is 0 Å². The Labute approximate surface area is 119 Å². The number of fused-ring (bicyclic) bond motifs is 1. The maximum absolute atomic E-state index is 13.8. The maximum atomic E-state index is 13.8. The van der Waals surface area contributed by atoms with Crippen molar-refractivity contribution >= 4 is 16.7 Å². The third-order valence-corrected chi connectivity index (χ3v) is 2.95. The van der Waals surface area contributed by atoms with Crippen molar-refractivity contribution in [3.8, 4) is 11.6 Å². The van der Waals surface area contributed by atoms with Crippen LogP contribution < -0.4 is 10.1 Å². The molecular formula is C15H11F2N3O. The smallest absolute Gasteiger partial charge is 0.258 e. The number of ether oxygens (including phenoxy) is 1. The van der Waals surface area contributed by atoms with Gasteiger partial charge in [-0.3, -0.25) is 4.98 Å². The molecule has 0 fully saturated rings. The number of aromatic nitrogens is 2. The Bertz CT molecular complexity index is 803. The number of rotatable bonds is 3. The summed E-state index contributed by atoms with van der Waals surface area (Å²) < 4.78 is 32.7. The van der Waals surface area contributed by atoms with Crippen molar-refractivity contribution in [2.75, 3.05) is 12.4 Å². The minimum Gasteiger partial charge on any atom is -0.436 e. The molecule has 3 rings (SSSR count). The van der Waals surface area contributed by atoms with E-state index in [1.165, 1.54) is 7.05 Å². The fraction of sp³-hybridized carbons (Fsp3) is 0.0667. The third kappa shape index (κ3) is 2.47. The highest BCUT2D eigenvalue weighted by molar-refractivity contribution is 5.85. The molecule has 3 aromatic rings. The van der Waals surface area contributed by atoms with Crippen molar-refractivity contribution in [3.05, 3.63) is 54.2 Å². The van der Waals surface area contributed by atoms with Gasteiger partial charge in [0.1, 0.15) is 5.75 Å². The number of anilines is 1. The second-order valence-electron chi connectivity index (χ2n) is 4.28. The van der Waals surface area contributed by atoms with E-state index in [-0.39, 0.29) is 11.7 Å². The van der Waals surface area contributed by atoms with Gasteiger partial charge in [0.05, 0.1) is 5.52 Å². The molecule has 2 aromatic heterocycles. The predicted octanol–water partition coefficient (Wildman–Crippen LogP) is 3.74. The lowest BCUT2D eigenvalue weighted by Gasteiger charge is -2.10. The molecule has 0 saturated heterocycles. The molecule has 0 aliphatic heterocycles. The molecule has 0 aliphatic carbocycles. The number of hydrogen-bond acceptors (Lipinski definition) is 4. The van der Waals surface area contributed by atoms with Crippen molar-refractivity contribution in [1.29, 1.82) is 0 Å². The summed E-state index contributed by atoms with van der Waals surface area (Å²) in [6.07, 6.45) is 1.65. The molecule has 21 heavy (non-hydrogen) atoms. The Morgan fingerprint density at radius 1 is 1.10 bits per heavy atom. The fourth-order valence-corrected chi connectivity index (χ4v) is 1.96. The van der Waals surface area contributed by atoms with E-state index in [4.69, 9.17) is 4.74 Å². The van der Waals surface area contributed by atoms with Gasteiger partial charge in [0.15, 0.2) is 17.5 Å². The van der Waals surface area contributed by atoms with E-state index in [0.29, 0.717) is 11.3 Å². The zero-order valence-corrected chi connectivity index (χ0v) is 11.1. The van der Waals surface area contributed by atoms with Crippen LogP contribution in [-0.4, -0.2) is 17.0 Å². The molecule has 0 amide bonds. The summed E-state index contributed by atoms with van der Waals surface area (Å²) in [5.41, 5.74) is 0.714. The van der Waals surface area contributed by atoms with Crippen LogP contribution in [0, 0.1) is 11.6 Å². The summed E-state index contributed by atoms with van der Waals surface area (Å²) in [4.78, 5) is 7.98. The first-order chi connectivity index (χ1) is 10.2. The Hall–Kier alpha value is -2.76. The highest BCUT2D eigenvalue weighted by atomic mass is 19.1. The fourth-order valence-electron chi connectivity index (χ4n) is 1.96. The number of nitrogens with one attached hydrogen (secondary N) is 1. The minimum absolute atomic E-state index is 0.0789. The van der Waals surface area contributed by atoms with Crippen LogP contribution in [0.4, 0.5) is 14.6 Å². The van der Waals surface area contributed by atoms with Gasteiger partial charge in [0.2, 0.25) is 0 Å². The molecule has 0 aliphatic rings. The van der Waals surface area contributed by atoms with Crippen LogP contribution in [0.25, 0.3) is 10.9 Å². The van der Waals surface area contributed by atoms with Crippen molar-refractivity contribution in [1.82, 2.24) is 9.97 Å². The normalized spacial score (nSPS) is 10.6. The SMILES string of the molecule is CNc1nc(Oc2cccc3ncccc23)c(F)cc1F. The highest BCUT2D eigenvalue weighted by Gasteiger charge is 2.14. The van der Waals surface area contributed by atoms with E-state index in [9.17, 15) is 8.78 Å². The zero-order valence-electron chi connectivity index (χ0n) is 11.1. The summed E-state index contributed by atoms with van der Waals surface area (Å²) in [6.45, 7) is 0. The predicted molar refractivity (Wildman–Crippen MR) is 75.5 cm³/mol. The third-order valence-electron chi connectivity index (χ3n) is 2.95. The number of pyridine rings is 2. The Morgan fingerprint density at radius 3 is 2.76 bits per heavy atom. The number of hydrogen-bond donors (Lipinski definition) is 1. The Morgan fingerprint density at radius 2 is 1.95 bits per heavy atom. The molecule has 4 nitrogen and oxygen atoms in total. The average molecular weight is 287 g/mol. The van der Waals surface area contributed by atoms with Gasteiger partial charge in [0.25, 0.3) is 5.88 Å². The van der Waals surface area contributed by atoms with Gasteiger partial charge in [-0.05, 0) is 24.3 Å². The van der Waals surface area contributed by atoms with E-state index in [1.807, 2.05) is 6.07 Å². The van der Waals surface area contributed by atoms with Crippen LogP contribution in [0.2, 0.25) is 0 Å². The van der Waals surface area contributed by atoms with Gasteiger partial charge in [-0.1, -0.05) is 6.07 Å². The molecule has 106 valence electrons. The zero-order chi connectivity index (χ0) is 14.8. The van der Waals surface area contributed by atoms with Crippen LogP contribution in [-0.2, 0) is 0 Å². The first-order valence-corrected chi connectivity index (χ1v) is 6.24. The molecule has 1 N–H and O–H groups in total. The molecule has 1 aromatic carbocycles. The average Bonchev–Trinajstić information content (AvgIpc) is 2.50. The first-order valence-electron chi connectivity index (χ1n) is 6.24. The van der Waals surface area contributed by atoms with E-state index in [2.05, 4.69) is 15.3 Å². The van der Waals surface area contributed by atoms with Crippen molar-refractivity contribution < 1.29 is 13.5 Å². The Kier molecular flexibility index (Phi) is 3.35. The molecule has 0 spiro atoms. The van der Waals surface area contributed by atoms with Crippen molar-refractivity contribution in [2.24, 2.45) is 0 Å². The lowest BCUT2D eigenvalue weighted by Crippen LogP contribution is -2.01. The van der Waals surface area contributed by atoms with E-state index >= 15 is 0 Å². The Balaban J connectivity index is 2.07. The van der Waals surface area contributed by atoms with Crippen LogP contribution in [0.3, 0.4) is 0 Å². The van der Waals surface area contributed by atoms with Crippen LogP contribution in [0.1, 0.15) is 0 Å². The van der Waals surface area contributed by atoms with Gasteiger partial charge in [-0.25, -0.2) is 8.78 Å². The molecular weight excluding hydrogens is 276 g/mol. The van der Waals surface area contributed by atoms with E-state index in [1.54, 1.807) is 30.5 Å². The summed E-state index contributed by atoms with van der Waals surface area (Å²) in [6, 6.07) is 9.52. The standard InChI is InChI=1S/C15H11F2N3O/c1-18-14-10(16)8-11(17)15(20-14)21-13-6-2-5-12-9(13)4-3-7-19-12/h2-8H,1H3,(H,18,20). The number of halogens is 2. The number of nitrogens with zero attached hydrogens (tertiary/aromatic N) is 2. The molecule has 0 unspecified atom stereocenters. The lowest BCUT2D eigenvalue weighted by atomic mass is 10.2. The largest absolute Gasteiger partial charge is 0.436 e. The van der Waals surface area contributed by atoms with Crippen LogP contribution in [0.5, 0.6) is 11.6 Å². The summed E-state index contributed by atoms with van der Waals surface area (Å²) in [5, 5.41) is 3.26. The molecule has 0 saturated carbocycles. The second-order valence-corrected chi connectivity index (χ2v) is 4.28. The van der Waals surface area contributed by atoms with Crippen LogP contribution in [0.15, 0.2) is 42.6 Å². The van der Waals surface area contributed by atoms with Crippen molar-refractivity contribution in [2.45, 2.75) is 0 Å². The van der Waals surface area contributed by atoms with Gasteiger partial charge >= 0.3 is 0 Å². The molecule has 0 bridgehead atoms. The van der Waals surface area contributed by atoms with Crippen molar-refractivity contribution in [3.63, 3.8) is 0 Å². The first kappa shape index (κ1) is 13.2. The topological polar surface area (TPSA) is 47.0 Å². The summed E-state index contributed by atoms with van der Waals surface area (Å²) in [5.74, 6) is -1.61. The van der Waals surface area contributed by atoms with Gasteiger partial charge < -0.3 is 10.1 Å². The highest BCUT2D eigenvalue weighted by Crippen LogP contribution is 2.30. The summed E-state index contributed by atoms with van der Waals surface area (Å²) in [7, 11) is 1.49. The lowest BCUT2D eigenvalue weighted by molar-refractivity contribution is 0.422. The van der Waals surface area contributed by atoms with Gasteiger partial charge in [0, 0.05) is 24.7 Å². The molecule has 6 heteroatoms. The molecule has 0 radical (unpaired) electrons. The molecule has 2 heterocycles. The number of benzene rings is 1.